The van der Waals surface area contributed by atoms with Gasteiger partial charge in [0.1, 0.15) is 5.75 Å². The predicted octanol–water partition coefficient (Wildman–Crippen LogP) is 4.75. The number of rotatable bonds is 4. The van der Waals surface area contributed by atoms with Crippen LogP contribution in [0.5, 0.6) is 5.75 Å². The van der Waals surface area contributed by atoms with Crippen molar-refractivity contribution in [2.24, 2.45) is 0 Å². The molecule has 144 valence electrons. The molecule has 0 fully saturated rings. The minimum atomic E-state index is -0.211. The molecule has 0 spiro atoms. The molecule has 1 aliphatic rings. The molecule has 0 saturated heterocycles. The second-order valence-corrected chi connectivity index (χ2v) is 6.87. The Morgan fingerprint density at radius 2 is 1.83 bits per heavy atom. The van der Waals surface area contributed by atoms with E-state index in [1.807, 2.05) is 55.5 Å². The molecular weight excluding hydrogens is 364 g/mol. The van der Waals surface area contributed by atoms with E-state index in [-0.39, 0.29) is 11.8 Å². The van der Waals surface area contributed by atoms with Crippen LogP contribution in [0.2, 0.25) is 0 Å². The van der Waals surface area contributed by atoms with Gasteiger partial charge in [-0.15, -0.1) is 0 Å². The molecule has 29 heavy (non-hydrogen) atoms. The van der Waals surface area contributed by atoms with Gasteiger partial charge in [-0.2, -0.15) is 0 Å². The third-order valence-corrected chi connectivity index (χ3v) is 4.77. The minimum Gasteiger partial charge on any atom is -0.497 e. The van der Waals surface area contributed by atoms with E-state index in [0.29, 0.717) is 22.6 Å². The highest BCUT2D eigenvalue weighted by molar-refractivity contribution is 6.35. The van der Waals surface area contributed by atoms with Gasteiger partial charge in [-0.3, -0.25) is 9.59 Å². The summed E-state index contributed by atoms with van der Waals surface area (Å²) in [6, 6.07) is 20.2. The molecule has 3 aromatic rings. The first kappa shape index (κ1) is 18.5. The average molecular weight is 384 g/mol. The Labute approximate surface area is 169 Å². The van der Waals surface area contributed by atoms with E-state index in [4.69, 9.17) is 4.74 Å². The lowest BCUT2D eigenvalue weighted by atomic mass is 10.0. The summed E-state index contributed by atoms with van der Waals surface area (Å²) < 4.78 is 5.12. The van der Waals surface area contributed by atoms with Gasteiger partial charge in [-0.05, 0) is 67.1 Å². The fourth-order valence-electron chi connectivity index (χ4n) is 3.26. The van der Waals surface area contributed by atoms with E-state index in [9.17, 15) is 9.59 Å². The molecule has 0 saturated carbocycles. The fourth-order valence-corrected chi connectivity index (χ4v) is 3.26. The SMILES string of the molecule is COc1ccc(C(=O)Nc2cccc(/C=C3\C(=O)Nc4ccc(C)cc43)c2)cc1. The van der Waals surface area contributed by atoms with Crippen molar-refractivity contribution in [2.45, 2.75) is 6.92 Å². The maximum Gasteiger partial charge on any atom is 0.256 e. The number of ether oxygens (including phenoxy) is 1. The molecule has 1 heterocycles. The minimum absolute atomic E-state index is 0.127. The summed E-state index contributed by atoms with van der Waals surface area (Å²) in [6.45, 7) is 2.00. The van der Waals surface area contributed by atoms with Gasteiger partial charge in [0, 0.05) is 28.1 Å². The molecule has 0 atom stereocenters. The second-order valence-electron chi connectivity index (χ2n) is 6.87. The van der Waals surface area contributed by atoms with Crippen LogP contribution < -0.4 is 15.4 Å². The summed E-state index contributed by atoms with van der Waals surface area (Å²) in [6.07, 6.45) is 1.84. The van der Waals surface area contributed by atoms with Crippen molar-refractivity contribution >= 4 is 34.8 Å². The predicted molar refractivity (Wildman–Crippen MR) is 115 cm³/mol. The van der Waals surface area contributed by atoms with E-state index >= 15 is 0 Å². The zero-order chi connectivity index (χ0) is 20.4. The number of nitrogens with one attached hydrogen (secondary N) is 2. The molecule has 0 bridgehead atoms. The van der Waals surface area contributed by atoms with Crippen LogP contribution in [0.4, 0.5) is 11.4 Å². The van der Waals surface area contributed by atoms with E-state index in [2.05, 4.69) is 10.6 Å². The fraction of sp³-hybridized carbons (Fsp3) is 0.0833. The third-order valence-electron chi connectivity index (χ3n) is 4.77. The zero-order valence-electron chi connectivity index (χ0n) is 16.2. The second kappa shape index (κ2) is 7.64. The normalized spacial score (nSPS) is 13.7. The Morgan fingerprint density at radius 1 is 1.03 bits per heavy atom. The lowest BCUT2D eigenvalue weighted by molar-refractivity contribution is -0.110. The first-order chi connectivity index (χ1) is 14.0. The van der Waals surface area contributed by atoms with Crippen LogP contribution >= 0.6 is 0 Å². The number of methoxy groups -OCH3 is 1. The van der Waals surface area contributed by atoms with Gasteiger partial charge in [0.15, 0.2) is 0 Å². The molecule has 3 aromatic carbocycles. The van der Waals surface area contributed by atoms with Crippen LogP contribution in [-0.4, -0.2) is 18.9 Å². The number of amides is 2. The van der Waals surface area contributed by atoms with Gasteiger partial charge in [-0.1, -0.05) is 23.8 Å². The van der Waals surface area contributed by atoms with Crippen LogP contribution in [0.1, 0.15) is 27.0 Å². The number of aryl methyl sites for hydroxylation is 1. The first-order valence-corrected chi connectivity index (χ1v) is 9.23. The van der Waals surface area contributed by atoms with Crippen molar-refractivity contribution in [2.75, 3.05) is 17.7 Å². The zero-order valence-corrected chi connectivity index (χ0v) is 16.2. The maximum atomic E-state index is 12.5. The quantitative estimate of drug-likeness (QED) is 0.638. The monoisotopic (exact) mass is 384 g/mol. The summed E-state index contributed by atoms with van der Waals surface area (Å²) >= 11 is 0. The summed E-state index contributed by atoms with van der Waals surface area (Å²) in [5, 5.41) is 5.78. The van der Waals surface area contributed by atoms with E-state index in [1.165, 1.54) is 0 Å². The molecule has 1 aliphatic heterocycles. The van der Waals surface area contributed by atoms with Gasteiger partial charge in [-0.25, -0.2) is 0 Å². The average Bonchev–Trinajstić information content (AvgIpc) is 3.03. The number of hydrogen-bond donors (Lipinski definition) is 2. The van der Waals surface area contributed by atoms with E-state index < -0.39 is 0 Å². The van der Waals surface area contributed by atoms with Crippen LogP contribution in [0.3, 0.4) is 0 Å². The standard InChI is InChI=1S/C24H20N2O3/c1-15-6-11-22-20(12-15)21(24(28)26-22)14-16-4-3-5-18(13-16)25-23(27)17-7-9-19(29-2)10-8-17/h3-14H,1-2H3,(H,25,27)(H,26,28)/b21-14-. The highest BCUT2D eigenvalue weighted by Crippen LogP contribution is 2.34. The first-order valence-electron chi connectivity index (χ1n) is 9.23. The molecule has 5 nitrogen and oxygen atoms in total. The Hall–Kier alpha value is -3.86. The molecule has 0 aromatic heterocycles. The Balaban J connectivity index is 1.58. The molecule has 2 N–H and O–H groups in total. The van der Waals surface area contributed by atoms with E-state index in [0.717, 1.165) is 22.4 Å². The molecule has 0 radical (unpaired) electrons. The Morgan fingerprint density at radius 3 is 2.59 bits per heavy atom. The number of carbonyl (C=O) groups excluding carboxylic acids is 2. The van der Waals surface area contributed by atoms with Crippen LogP contribution in [0.15, 0.2) is 66.7 Å². The van der Waals surface area contributed by atoms with Gasteiger partial charge in [0.2, 0.25) is 0 Å². The molecule has 5 heteroatoms. The molecule has 0 aliphatic carbocycles. The topological polar surface area (TPSA) is 67.4 Å². The highest BCUT2D eigenvalue weighted by Gasteiger charge is 2.23. The van der Waals surface area contributed by atoms with Crippen molar-refractivity contribution < 1.29 is 14.3 Å². The lowest BCUT2D eigenvalue weighted by Crippen LogP contribution is -2.11. The van der Waals surface area contributed by atoms with Crippen molar-refractivity contribution in [3.05, 3.63) is 89.0 Å². The summed E-state index contributed by atoms with van der Waals surface area (Å²) in [5.41, 5.74) is 5.43. The molecule has 4 rings (SSSR count). The molecule has 0 unspecified atom stereocenters. The number of anilines is 2. The highest BCUT2D eigenvalue weighted by atomic mass is 16.5. The number of fused-ring (bicyclic) bond motifs is 1. The van der Waals surface area contributed by atoms with Gasteiger partial charge >= 0.3 is 0 Å². The largest absolute Gasteiger partial charge is 0.497 e. The Bertz CT molecular complexity index is 1130. The van der Waals surface area contributed by atoms with Gasteiger partial charge in [0.05, 0.1) is 7.11 Å². The molecule has 2 amide bonds. The van der Waals surface area contributed by atoms with Crippen molar-refractivity contribution in [1.29, 1.82) is 0 Å². The van der Waals surface area contributed by atoms with Crippen LogP contribution in [0, 0.1) is 6.92 Å². The third kappa shape index (κ3) is 3.89. The van der Waals surface area contributed by atoms with Crippen molar-refractivity contribution in [3.8, 4) is 5.75 Å². The van der Waals surface area contributed by atoms with Gasteiger partial charge < -0.3 is 15.4 Å². The van der Waals surface area contributed by atoms with Crippen molar-refractivity contribution in [3.63, 3.8) is 0 Å². The summed E-state index contributed by atoms with van der Waals surface area (Å²) in [5.74, 6) is 0.357. The van der Waals surface area contributed by atoms with E-state index in [1.54, 1.807) is 31.4 Å². The Kier molecular flexibility index (Phi) is 4.87. The number of carbonyl (C=O) groups is 2. The van der Waals surface area contributed by atoms with Crippen LogP contribution in [0.25, 0.3) is 11.6 Å². The smallest absolute Gasteiger partial charge is 0.256 e. The molecular formula is C24H20N2O3. The van der Waals surface area contributed by atoms with Crippen molar-refractivity contribution in [1.82, 2.24) is 0 Å². The van der Waals surface area contributed by atoms with Crippen LogP contribution in [-0.2, 0) is 4.79 Å². The van der Waals surface area contributed by atoms with Gasteiger partial charge in [0.25, 0.3) is 11.8 Å². The number of hydrogen-bond acceptors (Lipinski definition) is 3. The summed E-state index contributed by atoms with van der Waals surface area (Å²) in [4.78, 5) is 24.9. The number of benzene rings is 3. The maximum absolute atomic E-state index is 12.5. The summed E-state index contributed by atoms with van der Waals surface area (Å²) in [7, 11) is 1.58. The lowest BCUT2D eigenvalue weighted by Gasteiger charge is -2.07.